The Morgan fingerprint density at radius 1 is 1.26 bits per heavy atom. The van der Waals surface area contributed by atoms with Crippen LogP contribution in [-0.2, 0) is 35.3 Å². The third-order valence-corrected chi connectivity index (χ3v) is 5.92. The number of carboxylic acid groups (broad SMARTS) is 1. The Balaban J connectivity index is 2.17. The smallest absolute Gasteiger partial charge is 0.323 e. The van der Waals surface area contributed by atoms with E-state index in [0.717, 1.165) is 17.0 Å². The second kappa shape index (κ2) is 7.05. The molecule has 2 aromatic rings. The fourth-order valence-electron chi connectivity index (χ4n) is 3.98. The van der Waals surface area contributed by atoms with Crippen molar-refractivity contribution in [3.63, 3.8) is 0 Å². The van der Waals surface area contributed by atoms with E-state index in [0.29, 0.717) is 35.3 Å². The lowest BCUT2D eigenvalue weighted by atomic mass is 9.75. The first kappa shape index (κ1) is 19.5. The first-order valence-corrected chi connectivity index (χ1v) is 9.86. The van der Waals surface area contributed by atoms with Crippen molar-refractivity contribution in [2.24, 2.45) is 5.41 Å². The number of Topliss-reactive ketones (excluding diaryl/α,β-unsaturated/α-hetero) is 1. The van der Waals surface area contributed by atoms with Crippen LogP contribution in [0.5, 0.6) is 0 Å². The first-order valence-electron chi connectivity index (χ1n) is 8.75. The van der Waals surface area contributed by atoms with Crippen LogP contribution in [0, 0.1) is 12.3 Å². The van der Waals surface area contributed by atoms with Crippen molar-refractivity contribution < 1.29 is 23.5 Å². The molecule has 6 nitrogen and oxygen atoms in total. The van der Waals surface area contributed by atoms with Gasteiger partial charge in [0.15, 0.2) is 16.9 Å². The maximum atomic E-state index is 12.9. The van der Waals surface area contributed by atoms with Crippen molar-refractivity contribution in [1.29, 1.82) is 0 Å². The van der Waals surface area contributed by atoms with Crippen LogP contribution in [0.1, 0.15) is 53.1 Å². The Kier molecular flexibility index (Phi) is 5.10. The minimum absolute atomic E-state index is 0.00564. The fraction of sp³-hybridized carbons (Fsp3) is 0.400. The molecule has 0 saturated carbocycles. The molecule has 0 fully saturated rings. The minimum Gasteiger partial charge on any atom is -0.480 e. The van der Waals surface area contributed by atoms with Gasteiger partial charge in [0.2, 0.25) is 0 Å². The Labute approximate surface area is 160 Å². The molecular formula is C20H23NO5S. The van der Waals surface area contributed by atoms with Crippen molar-refractivity contribution in [2.75, 3.05) is 0 Å². The lowest BCUT2D eigenvalue weighted by molar-refractivity contribution is -0.137. The van der Waals surface area contributed by atoms with Gasteiger partial charge in [-0.1, -0.05) is 32.0 Å². The second-order valence-corrected chi connectivity index (χ2v) is 8.78. The van der Waals surface area contributed by atoms with Gasteiger partial charge >= 0.3 is 5.97 Å². The van der Waals surface area contributed by atoms with Crippen molar-refractivity contribution in [3.8, 4) is 0 Å². The highest BCUT2D eigenvalue weighted by Crippen LogP contribution is 2.39. The van der Waals surface area contributed by atoms with E-state index in [9.17, 15) is 23.5 Å². The van der Waals surface area contributed by atoms with Crippen LogP contribution in [0.4, 0.5) is 0 Å². The SMILES string of the molecule is Cc1c(Cc2ccccc2S(=O)O)c2c(n1CC(=O)O)CC(C)(C)CC2=O. The summed E-state index contributed by atoms with van der Waals surface area (Å²) in [4.78, 5) is 24.6. The molecule has 27 heavy (non-hydrogen) atoms. The maximum absolute atomic E-state index is 12.9. The molecule has 0 saturated heterocycles. The molecule has 1 aromatic carbocycles. The highest BCUT2D eigenvalue weighted by molar-refractivity contribution is 7.79. The molecular weight excluding hydrogens is 366 g/mol. The summed E-state index contributed by atoms with van der Waals surface area (Å²) in [6, 6.07) is 6.83. The summed E-state index contributed by atoms with van der Waals surface area (Å²) in [5, 5.41) is 9.33. The minimum atomic E-state index is -2.13. The third kappa shape index (κ3) is 3.75. The molecule has 0 bridgehead atoms. The lowest BCUT2D eigenvalue weighted by Crippen LogP contribution is -2.29. The van der Waals surface area contributed by atoms with Gasteiger partial charge in [0.25, 0.3) is 0 Å². The predicted molar refractivity (Wildman–Crippen MR) is 102 cm³/mol. The largest absolute Gasteiger partial charge is 0.480 e. The van der Waals surface area contributed by atoms with Crippen LogP contribution in [-0.4, -0.2) is 30.2 Å². The van der Waals surface area contributed by atoms with Crippen LogP contribution >= 0.6 is 0 Å². The van der Waals surface area contributed by atoms with E-state index in [1.54, 1.807) is 28.8 Å². The monoisotopic (exact) mass is 389 g/mol. The molecule has 3 rings (SSSR count). The predicted octanol–water partition coefficient (Wildman–Crippen LogP) is 3.21. The van der Waals surface area contributed by atoms with Crippen molar-refractivity contribution >= 4 is 22.8 Å². The number of hydrogen-bond donors (Lipinski definition) is 2. The van der Waals surface area contributed by atoms with Crippen LogP contribution in [0.3, 0.4) is 0 Å². The Morgan fingerprint density at radius 3 is 2.56 bits per heavy atom. The Bertz CT molecular complexity index is 958. The summed E-state index contributed by atoms with van der Waals surface area (Å²) in [6.07, 6.45) is 1.34. The van der Waals surface area contributed by atoms with E-state index >= 15 is 0 Å². The number of carboxylic acids is 1. The van der Waals surface area contributed by atoms with E-state index < -0.39 is 17.0 Å². The normalized spacial score (nSPS) is 16.8. The van der Waals surface area contributed by atoms with Gasteiger partial charge in [-0.3, -0.25) is 9.59 Å². The average Bonchev–Trinajstić information content (AvgIpc) is 2.79. The highest BCUT2D eigenvalue weighted by Gasteiger charge is 2.37. The molecule has 1 unspecified atom stereocenters. The molecule has 144 valence electrons. The number of aliphatic carboxylic acids is 1. The zero-order chi connectivity index (χ0) is 19.9. The Hall–Kier alpha value is -2.25. The number of rotatable bonds is 5. The van der Waals surface area contributed by atoms with Crippen molar-refractivity contribution in [3.05, 3.63) is 52.3 Å². The van der Waals surface area contributed by atoms with Gasteiger partial charge in [-0.25, -0.2) is 4.21 Å². The van der Waals surface area contributed by atoms with Gasteiger partial charge in [0, 0.05) is 29.8 Å². The summed E-state index contributed by atoms with van der Waals surface area (Å²) < 4.78 is 22.9. The molecule has 2 N–H and O–H groups in total. The standard InChI is InChI=1S/C20H23NO5S/c1-12-14(8-13-6-4-5-7-17(13)27(25)26)19-15(21(12)11-18(23)24)9-20(2,3)10-16(19)22/h4-7H,8-11H2,1-3H3,(H,23,24)(H,25,26). The van der Waals surface area contributed by atoms with Crippen LogP contribution < -0.4 is 0 Å². The number of ketones is 1. The van der Waals surface area contributed by atoms with Gasteiger partial charge in [-0.2, -0.15) is 0 Å². The van der Waals surface area contributed by atoms with Crippen molar-refractivity contribution in [2.45, 2.75) is 51.5 Å². The summed E-state index contributed by atoms with van der Waals surface area (Å²) in [5.41, 5.74) is 3.26. The molecule has 0 amide bonds. The van der Waals surface area contributed by atoms with Crippen LogP contribution in [0.2, 0.25) is 0 Å². The zero-order valence-electron chi connectivity index (χ0n) is 15.6. The topological polar surface area (TPSA) is 96.6 Å². The maximum Gasteiger partial charge on any atom is 0.323 e. The number of nitrogens with zero attached hydrogens (tertiary/aromatic N) is 1. The number of aromatic nitrogens is 1. The lowest BCUT2D eigenvalue weighted by Gasteiger charge is -2.30. The first-order chi connectivity index (χ1) is 12.6. The summed E-state index contributed by atoms with van der Waals surface area (Å²) >= 11 is -2.13. The summed E-state index contributed by atoms with van der Waals surface area (Å²) in [7, 11) is 0. The summed E-state index contributed by atoms with van der Waals surface area (Å²) in [6.45, 7) is 5.62. The molecule has 7 heteroatoms. The molecule has 1 atom stereocenters. The third-order valence-electron chi connectivity index (χ3n) is 5.14. The molecule has 0 spiro atoms. The fourth-order valence-corrected chi connectivity index (χ4v) is 4.54. The van der Waals surface area contributed by atoms with E-state index in [1.165, 1.54) is 0 Å². The van der Waals surface area contributed by atoms with E-state index in [2.05, 4.69) is 0 Å². The second-order valence-electron chi connectivity index (χ2n) is 7.84. The average molecular weight is 389 g/mol. The number of benzene rings is 1. The van der Waals surface area contributed by atoms with Gasteiger partial charge in [0.1, 0.15) is 6.54 Å². The molecule has 1 aromatic heterocycles. The number of hydrogen-bond acceptors (Lipinski definition) is 3. The molecule has 1 heterocycles. The van der Waals surface area contributed by atoms with Crippen LogP contribution in [0.15, 0.2) is 29.2 Å². The molecule has 0 radical (unpaired) electrons. The number of carbonyl (C=O) groups excluding carboxylic acids is 1. The highest BCUT2D eigenvalue weighted by atomic mass is 32.2. The van der Waals surface area contributed by atoms with Gasteiger partial charge in [-0.15, -0.1) is 0 Å². The number of fused-ring (bicyclic) bond motifs is 1. The van der Waals surface area contributed by atoms with Crippen LogP contribution in [0.25, 0.3) is 0 Å². The van der Waals surface area contributed by atoms with Gasteiger partial charge < -0.3 is 14.2 Å². The summed E-state index contributed by atoms with van der Waals surface area (Å²) in [5.74, 6) is -0.957. The van der Waals surface area contributed by atoms with Crippen molar-refractivity contribution in [1.82, 2.24) is 4.57 Å². The van der Waals surface area contributed by atoms with Gasteiger partial charge in [0.05, 0.1) is 4.90 Å². The quantitative estimate of drug-likeness (QED) is 0.766. The van der Waals surface area contributed by atoms with E-state index in [1.807, 2.05) is 20.8 Å². The molecule has 1 aliphatic carbocycles. The molecule has 1 aliphatic rings. The Morgan fingerprint density at radius 2 is 1.93 bits per heavy atom. The number of carbonyl (C=O) groups is 2. The zero-order valence-corrected chi connectivity index (χ0v) is 16.4. The van der Waals surface area contributed by atoms with E-state index in [4.69, 9.17) is 0 Å². The van der Waals surface area contributed by atoms with E-state index in [-0.39, 0.29) is 17.7 Å². The molecule has 0 aliphatic heterocycles. The van der Waals surface area contributed by atoms with Gasteiger partial charge in [-0.05, 0) is 36.0 Å².